The number of ether oxygens (including phenoxy) is 1. The zero-order chi connectivity index (χ0) is 10.6. The van der Waals surface area contributed by atoms with E-state index in [4.69, 9.17) is 0 Å². The Morgan fingerprint density at radius 2 is 2.21 bits per heavy atom. The van der Waals surface area contributed by atoms with Crippen LogP contribution in [0, 0.1) is 5.82 Å². The van der Waals surface area contributed by atoms with Crippen LogP contribution in [-0.2, 0) is 9.53 Å². The lowest BCUT2D eigenvalue weighted by atomic mass is 10.0. The van der Waals surface area contributed by atoms with Crippen LogP contribution in [0.15, 0.2) is 24.3 Å². The average molecular weight is 198 g/mol. The summed E-state index contributed by atoms with van der Waals surface area (Å²) in [5.41, 5.74) is 4.16. The van der Waals surface area contributed by atoms with Gasteiger partial charge >= 0.3 is 5.97 Å². The summed E-state index contributed by atoms with van der Waals surface area (Å²) in [5.74, 6) is -0.718. The molecule has 3 N–H and O–H groups in total. The molecule has 1 aromatic carbocycles. The molecule has 0 aliphatic rings. The molecule has 14 heavy (non-hydrogen) atoms. The Labute approximate surface area is 81.7 Å². The lowest BCUT2D eigenvalue weighted by molar-refractivity contribution is -0.426. The molecule has 0 amide bonds. The molecule has 0 aliphatic carbocycles. The molecular weight excluding hydrogens is 185 g/mol. The van der Waals surface area contributed by atoms with E-state index in [1.54, 1.807) is 18.2 Å². The first kappa shape index (κ1) is 10.7. The lowest BCUT2D eigenvalue weighted by Crippen LogP contribution is -2.54. The van der Waals surface area contributed by atoms with Crippen LogP contribution in [0.25, 0.3) is 0 Å². The van der Waals surface area contributed by atoms with E-state index in [-0.39, 0.29) is 18.2 Å². The minimum Gasteiger partial charge on any atom is -0.469 e. The fourth-order valence-electron chi connectivity index (χ4n) is 1.20. The van der Waals surface area contributed by atoms with Gasteiger partial charge in [-0.1, -0.05) is 18.2 Å². The molecule has 0 heterocycles. The number of carbonyl (C=O) groups excluding carboxylic acids is 1. The maximum absolute atomic E-state index is 13.2. The summed E-state index contributed by atoms with van der Waals surface area (Å²) in [5, 5.41) is 0. The quantitative estimate of drug-likeness (QED) is 0.726. The number of methoxy groups -OCH3 is 1. The summed E-state index contributed by atoms with van der Waals surface area (Å²) in [6.07, 6.45) is 0.0947. The standard InChI is InChI=1S/C10H12FNO2/c1-14-10(13)6-9(12)7-4-2-3-5-8(7)11/h2-5,9H,6,12H2,1H3/p+1/t9-/m1/s1. The van der Waals surface area contributed by atoms with Crippen LogP contribution in [-0.4, -0.2) is 13.1 Å². The normalized spacial score (nSPS) is 12.2. The zero-order valence-corrected chi connectivity index (χ0v) is 8.00. The van der Waals surface area contributed by atoms with Crippen LogP contribution in [0.4, 0.5) is 4.39 Å². The summed E-state index contributed by atoms with van der Waals surface area (Å²) in [6, 6.07) is 5.89. The average Bonchev–Trinajstić information content (AvgIpc) is 2.18. The van der Waals surface area contributed by atoms with Gasteiger partial charge in [0.2, 0.25) is 0 Å². The molecule has 4 heteroatoms. The van der Waals surface area contributed by atoms with Crippen molar-refractivity contribution in [3.63, 3.8) is 0 Å². The molecule has 0 spiro atoms. The van der Waals surface area contributed by atoms with E-state index in [0.717, 1.165) is 0 Å². The smallest absolute Gasteiger partial charge is 0.311 e. The number of benzene rings is 1. The second kappa shape index (κ2) is 4.72. The van der Waals surface area contributed by atoms with Crippen molar-refractivity contribution < 1.29 is 19.7 Å². The van der Waals surface area contributed by atoms with Gasteiger partial charge in [0.05, 0.1) is 7.11 Å². The summed E-state index contributed by atoms with van der Waals surface area (Å²) >= 11 is 0. The topological polar surface area (TPSA) is 53.9 Å². The van der Waals surface area contributed by atoms with E-state index < -0.39 is 6.04 Å². The molecule has 0 fully saturated rings. The lowest BCUT2D eigenvalue weighted by Gasteiger charge is -2.07. The molecule has 0 aliphatic heterocycles. The number of quaternary nitrogens is 1. The fraction of sp³-hybridized carbons (Fsp3) is 0.300. The van der Waals surface area contributed by atoms with Gasteiger partial charge in [0.25, 0.3) is 0 Å². The van der Waals surface area contributed by atoms with Crippen LogP contribution >= 0.6 is 0 Å². The van der Waals surface area contributed by atoms with Gasteiger partial charge in [0.15, 0.2) is 0 Å². The second-order valence-corrected chi connectivity index (χ2v) is 3.00. The molecule has 1 rings (SSSR count). The Balaban J connectivity index is 2.74. The third-order valence-corrected chi connectivity index (χ3v) is 1.99. The Morgan fingerprint density at radius 3 is 2.79 bits per heavy atom. The molecule has 3 nitrogen and oxygen atoms in total. The second-order valence-electron chi connectivity index (χ2n) is 3.00. The molecule has 0 saturated heterocycles. The predicted octanol–water partition coefficient (Wildman–Crippen LogP) is 0.672. The van der Waals surface area contributed by atoms with Gasteiger partial charge in [-0.3, -0.25) is 4.79 Å². The van der Waals surface area contributed by atoms with Crippen molar-refractivity contribution in [2.75, 3.05) is 7.11 Å². The highest BCUT2D eigenvalue weighted by atomic mass is 19.1. The van der Waals surface area contributed by atoms with Crippen LogP contribution in [0.2, 0.25) is 0 Å². The van der Waals surface area contributed by atoms with Crippen molar-refractivity contribution in [1.29, 1.82) is 0 Å². The van der Waals surface area contributed by atoms with Gasteiger partial charge in [-0.25, -0.2) is 4.39 Å². The predicted molar refractivity (Wildman–Crippen MR) is 48.7 cm³/mol. The molecular formula is C10H13FNO2+. The van der Waals surface area contributed by atoms with E-state index in [2.05, 4.69) is 10.5 Å². The van der Waals surface area contributed by atoms with Gasteiger partial charge in [-0.15, -0.1) is 0 Å². The molecule has 0 saturated carbocycles. The molecule has 0 radical (unpaired) electrons. The highest BCUT2D eigenvalue weighted by Gasteiger charge is 2.18. The SMILES string of the molecule is COC(=O)C[C@@H]([NH3+])c1ccccc1F. The fourth-order valence-corrected chi connectivity index (χ4v) is 1.20. The zero-order valence-electron chi connectivity index (χ0n) is 8.00. The maximum Gasteiger partial charge on any atom is 0.311 e. The van der Waals surface area contributed by atoms with Gasteiger partial charge in [-0.05, 0) is 6.07 Å². The number of rotatable bonds is 3. The van der Waals surface area contributed by atoms with Gasteiger partial charge < -0.3 is 10.5 Å². The van der Waals surface area contributed by atoms with E-state index in [1.165, 1.54) is 13.2 Å². The molecule has 0 unspecified atom stereocenters. The monoisotopic (exact) mass is 198 g/mol. The Morgan fingerprint density at radius 1 is 1.57 bits per heavy atom. The van der Waals surface area contributed by atoms with Crippen LogP contribution in [0.5, 0.6) is 0 Å². The minimum absolute atomic E-state index is 0.0947. The van der Waals surface area contributed by atoms with Gasteiger partial charge in [0, 0.05) is 5.56 Å². The summed E-state index contributed by atoms with van der Waals surface area (Å²) < 4.78 is 17.7. The Kier molecular flexibility index (Phi) is 3.59. The van der Waals surface area contributed by atoms with E-state index in [0.29, 0.717) is 5.56 Å². The van der Waals surface area contributed by atoms with Crippen molar-refractivity contribution in [1.82, 2.24) is 0 Å². The third kappa shape index (κ3) is 2.53. The first-order valence-electron chi connectivity index (χ1n) is 4.29. The number of hydrogen-bond acceptors (Lipinski definition) is 2. The summed E-state index contributed by atoms with van der Waals surface area (Å²) in [4.78, 5) is 10.9. The molecule has 1 atom stereocenters. The molecule has 0 aromatic heterocycles. The van der Waals surface area contributed by atoms with E-state index >= 15 is 0 Å². The third-order valence-electron chi connectivity index (χ3n) is 1.99. The molecule has 76 valence electrons. The highest BCUT2D eigenvalue weighted by Crippen LogP contribution is 2.15. The number of esters is 1. The maximum atomic E-state index is 13.2. The van der Waals surface area contributed by atoms with Gasteiger partial charge in [0.1, 0.15) is 18.3 Å². The van der Waals surface area contributed by atoms with Crippen molar-refractivity contribution in [3.8, 4) is 0 Å². The number of carbonyl (C=O) groups is 1. The number of hydrogen-bond donors (Lipinski definition) is 1. The largest absolute Gasteiger partial charge is 0.469 e. The van der Waals surface area contributed by atoms with E-state index in [1.807, 2.05) is 0 Å². The summed E-state index contributed by atoms with van der Waals surface area (Å²) in [7, 11) is 1.30. The van der Waals surface area contributed by atoms with Crippen molar-refractivity contribution in [3.05, 3.63) is 35.6 Å². The van der Waals surface area contributed by atoms with Gasteiger partial charge in [-0.2, -0.15) is 0 Å². The van der Waals surface area contributed by atoms with E-state index in [9.17, 15) is 9.18 Å². The van der Waals surface area contributed by atoms with Crippen molar-refractivity contribution in [2.24, 2.45) is 0 Å². The summed E-state index contributed by atoms with van der Waals surface area (Å²) in [6.45, 7) is 0. The highest BCUT2D eigenvalue weighted by molar-refractivity contribution is 5.69. The number of halogens is 1. The van der Waals surface area contributed by atoms with Crippen molar-refractivity contribution >= 4 is 5.97 Å². The van der Waals surface area contributed by atoms with Crippen LogP contribution in [0.1, 0.15) is 18.0 Å². The van der Waals surface area contributed by atoms with Crippen LogP contribution < -0.4 is 5.73 Å². The molecule has 0 bridgehead atoms. The Bertz CT molecular complexity index is 328. The minimum atomic E-state index is -0.399. The first-order chi connectivity index (χ1) is 6.65. The molecule has 1 aromatic rings. The Hall–Kier alpha value is -1.42. The van der Waals surface area contributed by atoms with Crippen LogP contribution in [0.3, 0.4) is 0 Å². The first-order valence-corrected chi connectivity index (χ1v) is 4.29. The van der Waals surface area contributed by atoms with Crippen molar-refractivity contribution in [2.45, 2.75) is 12.5 Å².